The van der Waals surface area contributed by atoms with Gasteiger partial charge >= 0.3 is 0 Å². The van der Waals surface area contributed by atoms with Crippen LogP contribution < -0.4 is 10.1 Å². The summed E-state index contributed by atoms with van der Waals surface area (Å²) < 4.78 is 10.7. The molecule has 2 aliphatic heterocycles. The monoisotopic (exact) mass is 361 g/mol. The topological polar surface area (TPSA) is 71.1 Å². The predicted octanol–water partition coefficient (Wildman–Crippen LogP) is 0.667. The van der Waals surface area contributed by atoms with Crippen LogP contribution in [0.3, 0.4) is 0 Å². The molecule has 0 saturated carbocycles. The van der Waals surface area contributed by atoms with E-state index in [1.54, 1.807) is 18.1 Å². The Morgan fingerprint density at radius 1 is 1.23 bits per heavy atom. The zero-order valence-corrected chi connectivity index (χ0v) is 15.5. The highest BCUT2D eigenvalue weighted by molar-refractivity contribution is 5.95. The maximum absolute atomic E-state index is 12.7. The van der Waals surface area contributed by atoms with Gasteiger partial charge in [-0.05, 0) is 24.6 Å². The summed E-state index contributed by atoms with van der Waals surface area (Å²) in [5.41, 5.74) is 1.62. The second-order valence-corrected chi connectivity index (χ2v) is 6.79. The number of methoxy groups -OCH3 is 1. The lowest BCUT2D eigenvalue weighted by Gasteiger charge is -2.36. The lowest BCUT2D eigenvalue weighted by Crippen LogP contribution is -2.52. The Morgan fingerprint density at radius 3 is 2.62 bits per heavy atom. The predicted molar refractivity (Wildman–Crippen MR) is 97.4 cm³/mol. The summed E-state index contributed by atoms with van der Waals surface area (Å²) in [4.78, 5) is 28.8. The molecule has 0 spiro atoms. The van der Waals surface area contributed by atoms with Crippen molar-refractivity contribution in [2.75, 3.05) is 53.0 Å². The Hall–Kier alpha value is -2.12. The van der Waals surface area contributed by atoms with Gasteiger partial charge in [0.15, 0.2) is 0 Å². The molecule has 0 bridgehead atoms. The maximum atomic E-state index is 12.7. The highest BCUT2D eigenvalue weighted by Gasteiger charge is 2.27. The van der Waals surface area contributed by atoms with Crippen molar-refractivity contribution in [3.8, 4) is 5.75 Å². The molecule has 0 aliphatic carbocycles. The second kappa shape index (κ2) is 8.51. The van der Waals surface area contributed by atoms with Crippen molar-refractivity contribution in [3.05, 3.63) is 29.3 Å². The van der Waals surface area contributed by atoms with Gasteiger partial charge in [0, 0.05) is 50.7 Å². The van der Waals surface area contributed by atoms with Crippen LogP contribution in [0.15, 0.2) is 18.2 Å². The van der Waals surface area contributed by atoms with Crippen LogP contribution >= 0.6 is 0 Å². The van der Waals surface area contributed by atoms with Gasteiger partial charge in [0.1, 0.15) is 5.75 Å². The second-order valence-electron chi connectivity index (χ2n) is 6.79. The molecule has 142 valence electrons. The number of amides is 2. The molecule has 2 heterocycles. The minimum Gasteiger partial charge on any atom is -0.496 e. The van der Waals surface area contributed by atoms with E-state index in [9.17, 15) is 9.59 Å². The molecule has 2 aliphatic rings. The van der Waals surface area contributed by atoms with Crippen molar-refractivity contribution in [2.24, 2.45) is 0 Å². The summed E-state index contributed by atoms with van der Waals surface area (Å²) in [7, 11) is 1.60. The molecule has 1 atom stereocenters. The van der Waals surface area contributed by atoms with Gasteiger partial charge in [0.05, 0.1) is 20.3 Å². The Balaban J connectivity index is 1.52. The zero-order valence-electron chi connectivity index (χ0n) is 15.5. The van der Waals surface area contributed by atoms with Crippen molar-refractivity contribution in [1.82, 2.24) is 15.1 Å². The van der Waals surface area contributed by atoms with Gasteiger partial charge < -0.3 is 24.6 Å². The fraction of sp³-hybridized carbons (Fsp3) is 0.579. The number of piperazine rings is 1. The van der Waals surface area contributed by atoms with Gasteiger partial charge in [-0.15, -0.1) is 0 Å². The average molecular weight is 361 g/mol. The molecule has 1 N–H and O–H groups in total. The number of carbonyl (C=O) groups excluding carboxylic acids is 2. The summed E-state index contributed by atoms with van der Waals surface area (Å²) in [5.74, 6) is 0.821. The highest BCUT2D eigenvalue weighted by Crippen LogP contribution is 2.20. The van der Waals surface area contributed by atoms with Crippen molar-refractivity contribution >= 4 is 11.8 Å². The molecule has 1 aromatic rings. The smallest absolute Gasteiger partial charge is 0.254 e. The minimum atomic E-state index is -0.0160. The molecule has 3 rings (SSSR count). The summed E-state index contributed by atoms with van der Waals surface area (Å²) in [6.45, 7) is 6.27. The Morgan fingerprint density at radius 2 is 1.96 bits per heavy atom. The molecule has 0 radical (unpaired) electrons. The van der Waals surface area contributed by atoms with E-state index in [4.69, 9.17) is 9.47 Å². The van der Waals surface area contributed by atoms with Gasteiger partial charge in [-0.1, -0.05) is 6.07 Å². The zero-order chi connectivity index (χ0) is 18.5. The van der Waals surface area contributed by atoms with E-state index in [-0.39, 0.29) is 17.9 Å². The van der Waals surface area contributed by atoms with Crippen LogP contribution in [0.25, 0.3) is 0 Å². The van der Waals surface area contributed by atoms with Crippen molar-refractivity contribution < 1.29 is 19.1 Å². The number of ether oxygens (including phenoxy) is 2. The molecule has 7 heteroatoms. The standard InChI is InChI=1S/C19H27N3O4/c1-14-3-4-15(11-17(14)25-2)19(24)22-8-6-21(7-9-22)18(23)12-16-13-26-10-5-20-16/h3-4,11,16,20H,5-10,12-13H2,1-2H3. The van der Waals surface area contributed by atoms with Crippen LogP contribution in [0.1, 0.15) is 22.3 Å². The quantitative estimate of drug-likeness (QED) is 0.853. The molecule has 1 aromatic carbocycles. The van der Waals surface area contributed by atoms with Gasteiger partial charge in [-0.3, -0.25) is 9.59 Å². The SMILES string of the molecule is COc1cc(C(=O)N2CCN(C(=O)CC3COCCN3)CC2)ccc1C. The first kappa shape index (κ1) is 18.7. The van der Waals surface area contributed by atoms with Crippen molar-refractivity contribution in [2.45, 2.75) is 19.4 Å². The van der Waals surface area contributed by atoms with Crippen LogP contribution in [-0.4, -0.2) is 80.7 Å². The van der Waals surface area contributed by atoms with Crippen molar-refractivity contribution in [3.63, 3.8) is 0 Å². The number of carbonyl (C=O) groups is 2. The Bertz CT molecular complexity index is 650. The number of benzene rings is 1. The fourth-order valence-electron chi connectivity index (χ4n) is 3.39. The molecular weight excluding hydrogens is 334 g/mol. The molecular formula is C19H27N3O4. The van der Waals surface area contributed by atoms with Crippen molar-refractivity contribution in [1.29, 1.82) is 0 Å². The Kier molecular flexibility index (Phi) is 6.11. The lowest BCUT2D eigenvalue weighted by molar-refractivity contribution is -0.133. The van der Waals surface area contributed by atoms with Crippen LogP contribution in [0.4, 0.5) is 0 Å². The van der Waals surface area contributed by atoms with Gasteiger partial charge in [0.2, 0.25) is 5.91 Å². The number of aryl methyl sites for hydroxylation is 1. The Labute approximate surface area is 154 Å². The first-order valence-corrected chi connectivity index (χ1v) is 9.11. The lowest BCUT2D eigenvalue weighted by atomic mass is 10.1. The summed E-state index contributed by atoms with van der Waals surface area (Å²) in [5, 5.41) is 3.30. The van der Waals surface area contributed by atoms with Crippen LogP contribution in [0, 0.1) is 6.92 Å². The highest BCUT2D eigenvalue weighted by atomic mass is 16.5. The number of rotatable bonds is 4. The molecule has 2 fully saturated rings. The first-order valence-electron chi connectivity index (χ1n) is 9.11. The van der Waals surface area contributed by atoms with Crippen LogP contribution in [0.2, 0.25) is 0 Å². The molecule has 2 saturated heterocycles. The third-order valence-electron chi connectivity index (χ3n) is 4.99. The van der Waals surface area contributed by atoms with E-state index in [2.05, 4.69) is 5.32 Å². The van der Waals surface area contributed by atoms with Crippen LogP contribution in [-0.2, 0) is 9.53 Å². The summed E-state index contributed by atoms with van der Waals surface area (Å²) >= 11 is 0. The van der Waals surface area contributed by atoms with Gasteiger partial charge in [0.25, 0.3) is 5.91 Å². The largest absolute Gasteiger partial charge is 0.496 e. The van der Waals surface area contributed by atoms with Gasteiger partial charge in [-0.25, -0.2) is 0 Å². The number of nitrogens with zero attached hydrogens (tertiary/aromatic N) is 2. The fourth-order valence-corrected chi connectivity index (χ4v) is 3.39. The van der Waals surface area contributed by atoms with E-state index in [0.29, 0.717) is 57.1 Å². The van der Waals surface area contributed by atoms with E-state index in [0.717, 1.165) is 12.1 Å². The molecule has 26 heavy (non-hydrogen) atoms. The molecule has 7 nitrogen and oxygen atoms in total. The number of morpholine rings is 1. The summed E-state index contributed by atoms with van der Waals surface area (Å²) in [6, 6.07) is 5.59. The van der Waals surface area contributed by atoms with Crippen LogP contribution in [0.5, 0.6) is 5.75 Å². The van der Waals surface area contributed by atoms with E-state index >= 15 is 0 Å². The minimum absolute atomic E-state index is 0.0160. The number of hydrogen-bond acceptors (Lipinski definition) is 5. The molecule has 2 amide bonds. The average Bonchev–Trinajstić information content (AvgIpc) is 2.68. The van der Waals surface area contributed by atoms with E-state index < -0.39 is 0 Å². The number of nitrogens with one attached hydrogen (secondary N) is 1. The molecule has 1 unspecified atom stereocenters. The van der Waals surface area contributed by atoms with E-state index in [1.807, 2.05) is 24.0 Å². The normalized spacial score (nSPS) is 20.8. The first-order chi connectivity index (χ1) is 12.6. The molecule has 0 aromatic heterocycles. The van der Waals surface area contributed by atoms with E-state index in [1.165, 1.54) is 0 Å². The number of hydrogen-bond donors (Lipinski definition) is 1. The van der Waals surface area contributed by atoms with Gasteiger partial charge in [-0.2, -0.15) is 0 Å². The summed E-state index contributed by atoms with van der Waals surface area (Å²) in [6.07, 6.45) is 0.448. The third-order valence-corrected chi connectivity index (χ3v) is 4.99. The maximum Gasteiger partial charge on any atom is 0.254 e. The third kappa shape index (κ3) is 4.34.